The summed E-state index contributed by atoms with van der Waals surface area (Å²) in [6, 6.07) is 6.36. The summed E-state index contributed by atoms with van der Waals surface area (Å²) in [7, 11) is 0. The van der Waals surface area contributed by atoms with Crippen LogP contribution in [0.5, 0.6) is 5.75 Å². The monoisotopic (exact) mass is 234 g/mol. The van der Waals surface area contributed by atoms with Crippen LogP contribution in [0.15, 0.2) is 28.7 Å². The van der Waals surface area contributed by atoms with Crippen molar-refractivity contribution in [3.05, 3.63) is 35.7 Å². The van der Waals surface area contributed by atoms with Gasteiger partial charge in [0, 0.05) is 6.54 Å². The van der Waals surface area contributed by atoms with Gasteiger partial charge in [0.05, 0.1) is 5.56 Å². The molecule has 2 rings (SSSR count). The Balaban J connectivity index is 2.54. The number of benzene rings is 1. The Labute approximate surface area is 96.3 Å². The number of rotatable bonds is 3. The first-order chi connectivity index (χ1) is 8.13. The van der Waals surface area contributed by atoms with E-state index in [-0.39, 0.29) is 29.6 Å². The van der Waals surface area contributed by atoms with Gasteiger partial charge in [-0.1, -0.05) is 12.1 Å². The van der Waals surface area contributed by atoms with Gasteiger partial charge in [0.25, 0.3) is 0 Å². The molecule has 0 aliphatic heterocycles. The van der Waals surface area contributed by atoms with Crippen LogP contribution in [-0.2, 0) is 6.54 Å². The maximum Gasteiger partial charge on any atom is 0.373 e. The lowest BCUT2D eigenvalue weighted by molar-refractivity contribution is 0.0661. The van der Waals surface area contributed by atoms with Crippen molar-refractivity contribution < 1.29 is 19.4 Å². The van der Waals surface area contributed by atoms with Crippen molar-refractivity contribution in [2.24, 2.45) is 5.73 Å². The first-order valence-corrected chi connectivity index (χ1v) is 4.85. The molecule has 0 amide bonds. The number of aromatic carboxylic acids is 1. The molecule has 0 aliphatic carbocycles. The normalized spacial score (nSPS) is 10.4. The van der Waals surface area contributed by atoms with Crippen LogP contribution in [-0.4, -0.2) is 21.2 Å². The molecule has 0 radical (unpaired) electrons. The highest BCUT2D eigenvalue weighted by Crippen LogP contribution is 2.29. The number of carboxylic acids is 1. The third-order valence-electron chi connectivity index (χ3n) is 2.22. The van der Waals surface area contributed by atoms with Crippen molar-refractivity contribution >= 4 is 5.97 Å². The first kappa shape index (κ1) is 11.2. The van der Waals surface area contributed by atoms with E-state index in [1.54, 1.807) is 18.2 Å². The number of nitrogens with two attached hydrogens (primary N) is 1. The largest absolute Gasteiger partial charge is 0.507 e. The molecule has 1 heterocycles. The number of oxazole rings is 1. The fourth-order valence-corrected chi connectivity index (χ4v) is 1.43. The number of aromatic nitrogens is 1. The van der Waals surface area contributed by atoms with Gasteiger partial charge >= 0.3 is 5.97 Å². The van der Waals surface area contributed by atoms with Crippen LogP contribution in [0.25, 0.3) is 11.5 Å². The van der Waals surface area contributed by atoms with Gasteiger partial charge in [0.2, 0.25) is 11.7 Å². The highest BCUT2D eigenvalue weighted by atomic mass is 16.4. The molecule has 1 aromatic carbocycles. The molecule has 6 nitrogen and oxygen atoms in total. The van der Waals surface area contributed by atoms with Crippen LogP contribution in [0, 0.1) is 0 Å². The van der Waals surface area contributed by atoms with E-state index >= 15 is 0 Å². The van der Waals surface area contributed by atoms with Gasteiger partial charge in [-0.05, 0) is 12.1 Å². The summed E-state index contributed by atoms with van der Waals surface area (Å²) in [6.45, 7) is -0.0429. The summed E-state index contributed by atoms with van der Waals surface area (Å²) in [6.07, 6.45) is 0. The Morgan fingerprint density at radius 1 is 1.41 bits per heavy atom. The predicted octanol–water partition coefficient (Wildman–Crippen LogP) is 1.20. The third kappa shape index (κ3) is 1.98. The maximum absolute atomic E-state index is 10.9. The fourth-order valence-electron chi connectivity index (χ4n) is 1.43. The molecule has 4 N–H and O–H groups in total. The molecule has 0 spiro atoms. The van der Waals surface area contributed by atoms with Crippen LogP contribution >= 0.6 is 0 Å². The van der Waals surface area contributed by atoms with Gasteiger partial charge in [-0.25, -0.2) is 9.78 Å². The Morgan fingerprint density at radius 2 is 2.12 bits per heavy atom. The zero-order valence-electron chi connectivity index (χ0n) is 8.75. The Bertz CT molecular complexity index is 562. The number of carbonyl (C=O) groups is 1. The third-order valence-corrected chi connectivity index (χ3v) is 2.22. The molecular formula is C11H10N2O4. The van der Waals surface area contributed by atoms with Gasteiger partial charge in [-0.3, -0.25) is 0 Å². The molecule has 17 heavy (non-hydrogen) atoms. The summed E-state index contributed by atoms with van der Waals surface area (Å²) in [5.74, 6) is -1.53. The van der Waals surface area contributed by atoms with E-state index < -0.39 is 5.97 Å². The molecule has 0 atom stereocenters. The Hall–Kier alpha value is -2.34. The van der Waals surface area contributed by atoms with Crippen molar-refractivity contribution in [1.29, 1.82) is 0 Å². The second kappa shape index (κ2) is 4.26. The molecule has 1 aromatic heterocycles. The molecule has 6 heteroatoms. The van der Waals surface area contributed by atoms with Crippen molar-refractivity contribution in [3.63, 3.8) is 0 Å². The zero-order chi connectivity index (χ0) is 12.4. The molecule has 0 saturated heterocycles. The molecule has 0 bridgehead atoms. The van der Waals surface area contributed by atoms with Gasteiger partial charge in [-0.2, -0.15) is 0 Å². The summed E-state index contributed by atoms with van der Waals surface area (Å²) < 4.78 is 5.08. The van der Waals surface area contributed by atoms with E-state index in [0.29, 0.717) is 5.56 Å². The number of hydrogen-bond acceptors (Lipinski definition) is 5. The van der Waals surface area contributed by atoms with Gasteiger partial charge in [0.15, 0.2) is 0 Å². The number of phenolic OH excluding ortho intramolecular Hbond substituents is 1. The second-order valence-electron chi connectivity index (χ2n) is 3.32. The van der Waals surface area contributed by atoms with E-state index in [4.69, 9.17) is 15.3 Å². The van der Waals surface area contributed by atoms with E-state index in [2.05, 4.69) is 4.98 Å². The van der Waals surface area contributed by atoms with Crippen LogP contribution in [0.4, 0.5) is 0 Å². The summed E-state index contributed by atoms with van der Waals surface area (Å²) >= 11 is 0. The lowest BCUT2D eigenvalue weighted by atomic mass is 10.2. The topological polar surface area (TPSA) is 110 Å². The number of carboxylic acid groups (broad SMARTS) is 1. The van der Waals surface area contributed by atoms with Crippen molar-refractivity contribution in [3.8, 4) is 17.2 Å². The van der Waals surface area contributed by atoms with Crippen LogP contribution in [0.3, 0.4) is 0 Å². The minimum atomic E-state index is -1.24. The highest BCUT2D eigenvalue weighted by molar-refractivity contribution is 5.86. The van der Waals surface area contributed by atoms with Gasteiger partial charge < -0.3 is 20.4 Å². The predicted molar refractivity (Wildman–Crippen MR) is 58.5 cm³/mol. The molecule has 0 fully saturated rings. The average Bonchev–Trinajstić information content (AvgIpc) is 2.73. The lowest BCUT2D eigenvalue weighted by Gasteiger charge is -1.97. The van der Waals surface area contributed by atoms with Crippen molar-refractivity contribution in [1.82, 2.24) is 4.98 Å². The van der Waals surface area contributed by atoms with Crippen molar-refractivity contribution in [2.45, 2.75) is 6.54 Å². The zero-order valence-corrected chi connectivity index (χ0v) is 8.75. The standard InChI is InChI=1S/C11H10N2O4/c12-5-7-9(11(15)16)17-10(13-7)6-3-1-2-4-8(6)14/h1-4,14H,5,12H2,(H,15,16). The number of hydrogen-bond donors (Lipinski definition) is 3. The summed E-state index contributed by atoms with van der Waals surface area (Å²) in [5.41, 5.74) is 5.85. The molecule has 0 saturated carbocycles. The molecule has 2 aromatic rings. The summed E-state index contributed by atoms with van der Waals surface area (Å²) in [5, 5.41) is 18.5. The number of nitrogens with zero attached hydrogens (tertiary/aromatic N) is 1. The molecule has 0 unspecified atom stereocenters. The van der Waals surface area contributed by atoms with Gasteiger partial charge in [0.1, 0.15) is 11.4 Å². The SMILES string of the molecule is NCc1nc(-c2ccccc2O)oc1C(=O)O. The smallest absolute Gasteiger partial charge is 0.373 e. The highest BCUT2D eigenvalue weighted by Gasteiger charge is 2.20. The second-order valence-corrected chi connectivity index (χ2v) is 3.32. The molecule has 88 valence electrons. The Morgan fingerprint density at radius 3 is 2.65 bits per heavy atom. The van der Waals surface area contributed by atoms with Gasteiger partial charge in [-0.15, -0.1) is 0 Å². The van der Waals surface area contributed by atoms with Crippen molar-refractivity contribution in [2.75, 3.05) is 0 Å². The maximum atomic E-state index is 10.9. The van der Waals surface area contributed by atoms with Crippen LogP contribution in [0.2, 0.25) is 0 Å². The lowest BCUT2D eigenvalue weighted by Crippen LogP contribution is -2.04. The van der Waals surface area contributed by atoms with E-state index in [1.807, 2.05) is 0 Å². The van der Waals surface area contributed by atoms with E-state index in [0.717, 1.165) is 0 Å². The molecular weight excluding hydrogens is 224 g/mol. The van der Waals surface area contributed by atoms with E-state index in [1.165, 1.54) is 6.07 Å². The minimum absolute atomic E-state index is 0.0331. The molecule has 0 aliphatic rings. The number of aromatic hydroxyl groups is 1. The summed E-state index contributed by atoms with van der Waals surface area (Å²) in [4.78, 5) is 14.8. The average molecular weight is 234 g/mol. The number of para-hydroxylation sites is 1. The quantitative estimate of drug-likeness (QED) is 0.736. The fraction of sp³-hybridized carbons (Fsp3) is 0.0909. The minimum Gasteiger partial charge on any atom is -0.507 e. The first-order valence-electron chi connectivity index (χ1n) is 4.85. The number of phenols is 1. The van der Waals surface area contributed by atoms with Crippen LogP contribution in [0.1, 0.15) is 16.2 Å². The van der Waals surface area contributed by atoms with Crippen LogP contribution < -0.4 is 5.73 Å². The Kier molecular flexibility index (Phi) is 2.80. The van der Waals surface area contributed by atoms with E-state index in [9.17, 15) is 9.90 Å².